The molecule has 1 aliphatic heterocycles. The summed E-state index contributed by atoms with van der Waals surface area (Å²) < 4.78 is 0. The van der Waals surface area contributed by atoms with E-state index in [4.69, 9.17) is 4.84 Å². The highest BCUT2D eigenvalue weighted by Gasteiger charge is 2.21. The molecule has 0 aliphatic carbocycles. The topological polar surface area (TPSA) is 21.3 Å². The third-order valence-corrected chi connectivity index (χ3v) is 1.68. The molecule has 0 saturated carbocycles. The average molecular weight is 143 g/mol. The molecular weight excluding hydrogens is 126 g/mol. The Morgan fingerprint density at radius 1 is 1.50 bits per heavy atom. The molecule has 2 nitrogen and oxygen atoms in total. The molecule has 1 unspecified atom stereocenters. The first kappa shape index (κ1) is 8.02. The summed E-state index contributed by atoms with van der Waals surface area (Å²) in [6, 6.07) is 0.583. The summed E-state index contributed by atoms with van der Waals surface area (Å²) in [6.45, 7) is 7.65. The van der Waals surface area contributed by atoms with Crippen molar-refractivity contribution >= 4 is 0 Å². The first-order valence-corrected chi connectivity index (χ1v) is 3.95. The van der Waals surface area contributed by atoms with E-state index in [-0.39, 0.29) is 0 Å². The quantitative estimate of drug-likeness (QED) is 0.603. The van der Waals surface area contributed by atoms with Gasteiger partial charge in [0.05, 0.1) is 6.61 Å². The zero-order valence-electron chi connectivity index (χ0n) is 7.11. The van der Waals surface area contributed by atoms with Gasteiger partial charge < -0.3 is 4.84 Å². The van der Waals surface area contributed by atoms with Gasteiger partial charge in [-0.05, 0) is 18.3 Å². The van der Waals surface area contributed by atoms with E-state index >= 15 is 0 Å². The van der Waals surface area contributed by atoms with E-state index in [1.54, 1.807) is 0 Å². The molecule has 1 fully saturated rings. The molecular formula is C8H17NO. The summed E-state index contributed by atoms with van der Waals surface area (Å²) in [5.41, 5.74) is 3.44. The fourth-order valence-electron chi connectivity index (χ4n) is 1.32. The van der Waals surface area contributed by atoms with Crippen LogP contribution in [0.15, 0.2) is 0 Å². The van der Waals surface area contributed by atoms with Crippen LogP contribution in [-0.2, 0) is 4.84 Å². The van der Waals surface area contributed by atoms with Crippen molar-refractivity contribution in [3.05, 3.63) is 0 Å². The Morgan fingerprint density at radius 2 is 2.20 bits per heavy atom. The normalized spacial score (nSPS) is 27.3. The van der Waals surface area contributed by atoms with Gasteiger partial charge in [-0.3, -0.25) is 0 Å². The zero-order valence-corrected chi connectivity index (χ0v) is 7.11. The lowest BCUT2D eigenvalue weighted by atomic mass is 9.88. The van der Waals surface area contributed by atoms with E-state index in [9.17, 15) is 0 Å². The van der Waals surface area contributed by atoms with Crippen LogP contribution >= 0.6 is 0 Å². The number of rotatable bonds is 1. The average Bonchev–Trinajstić information content (AvgIpc) is 2.12. The SMILES string of the molecule is CC(C)(C)CC1CCON1. The maximum absolute atomic E-state index is 5.05. The van der Waals surface area contributed by atoms with E-state index in [2.05, 4.69) is 26.3 Å². The van der Waals surface area contributed by atoms with E-state index in [1.807, 2.05) is 0 Å². The van der Waals surface area contributed by atoms with Crippen LogP contribution < -0.4 is 5.48 Å². The van der Waals surface area contributed by atoms with Crippen LogP contribution in [0.3, 0.4) is 0 Å². The summed E-state index contributed by atoms with van der Waals surface area (Å²) in [5, 5.41) is 0. The highest BCUT2D eigenvalue weighted by molar-refractivity contribution is 4.74. The van der Waals surface area contributed by atoms with E-state index < -0.39 is 0 Å². The van der Waals surface area contributed by atoms with Crippen LogP contribution in [0.5, 0.6) is 0 Å². The Morgan fingerprint density at radius 3 is 2.60 bits per heavy atom. The minimum absolute atomic E-state index is 0.422. The van der Waals surface area contributed by atoms with E-state index in [0.29, 0.717) is 11.5 Å². The van der Waals surface area contributed by atoms with Crippen molar-refractivity contribution < 1.29 is 4.84 Å². The van der Waals surface area contributed by atoms with Crippen molar-refractivity contribution in [1.29, 1.82) is 0 Å². The second-order valence-electron chi connectivity index (χ2n) is 4.22. The molecule has 0 aromatic carbocycles. The summed E-state index contributed by atoms with van der Waals surface area (Å²) in [6.07, 6.45) is 2.37. The molecule has 1 heterocycles. The Balaban J connectivity index is 2.24. The first-order valence-electron chi connectivity index (χ1n) is 3.95. The molecule has 1 rings (SSSR count). The van der Waals surface area contributed by atoms with Crippen LogP contribution in [0.1, 0.15) is 33.6 Å². The Bertz CT molecular complexity index is 100. The molecule has 60 valence electrons. The van der Waals surface area contributed by atoms with Crippen molar-refractivity contribution in [2.45, 2.75) is 39.7 Å². The van der Waals surface area contributed by atoms with Crippen LogP contribution in [0.4, 0.5) is 0 Å². The highest BCUT2D eigenvalue weighted by atomic mass is 16.7. The standard InChI is InChI=1S/C8H17NO/c1-8(2,3)6-7-4-5-10-9-7/h7,9H,4-6H2,1-3H3. The number of hydrogen-bond acceptors (Lipinski definition) is 2. The van der Waals surface area contributed by atoms with Crippen LogP contribution in [0, 0.1) is 5.41 Å². The molecule has 0 aromatic heterocycles. The van der Waals surface area contributed by atoms with Crippen LogP contribution in [-0.4, -0.2) is 12.6 Å². The molecule has 0 aromatic rings. The van der Waals surface area contributed by atoms with Crippen molar-refractivity contribution in [1.82, 2.24) is 5.48 Å². The van der Waals surface area contributed by atoms with Gasteiger partial charge in [-0.15, -0.1) is 0 Å². The molecule has 0 amide bonds. The minimum Gasteiger partial charge on any atom is -0.301 e. The van der Waals surface area contributed by atoms with E-state index in [1.165, 1.54) is 6.42 Å². The second kappa shape index (κ2) is 2.89. The largest absolute Gasteiger partial charge is 0.301 e. The maximum atomic E-state index is 5.05. The fraction of sp³-hybridized carbons (Fsp3) is 1.00. The molecule has 1 atom stereocenters. The zero-order chi connectivity index (χ0) is 7.61. The van der Waals surface area contributed by atoms with Crippen molar-refractivity contribution in [2.24, 2.45) is 5.41 Å². The third kappa shape index (κ3) is 2.67. The Kier molecular flexibility index (Phi) is 2.32. The smallest absolute Gasteiger partial charge is 0.0698 e. The van der Waals surface area contributed by atoms with Gasteiger partial charge in [0.15, 0.2) is 0 Å². The maximum Gasteiger partial charge on any atom is 0.0698 e. The molecule has 2 heteroatoms. The Labute approximate surface area is 62.9 Å². The monoisotopic (exact) mass is 143 g/mol. The summed E-state index contributed by atoms with van der Waals surface area (Å²) in [5.74, 6) is 0. The number of hydroxylamine groups is 1. The van der Waals surface area contributed by atoms with Gasteiger partial charge in [0.2, 0.25) is 0 Å². The summed E-state index contributed by atoms with van der Waals surface area (Å²) in [4.78, 5) is 5.05. The van der Waals surface area contributed by atoms with Crippen LogP contribution in [0.2, 0.25) is 0 Å². The lowest BCUT2D eigenvalue weighted by molar-refractivity contribution is 0.0807. The molecule has 0 spiro atoms. The first-order chi connectivity index (χ1) is 4.58. The van der Waals surface area contributed by atoms with Gasteiger partial charge in [-0.2, -0.15) is 5.48 Å². The number of nitrogens with one attached hydrogen (secondary N) is 1. The fourth-order valence-corrected chi connectivity index (χ4v) is 1.32. The molecule has 0 bridgehead atoms. The van der Waals surface area contributed by atoms with Gasteiger partial charge in [-0.25, -0.2) is 0 Å². The number of hydrogen-bond donors (Lipinski definition) is 1. The minimum atomic E-state index is 0.422. The van der Waals surface area contributed by atoms with E-state index in [0.717, 1.165) is 13.0 Å². The van der Waals surface area contributed by atoms with Gasteiger partial charge >= 0.3 is 0 Å². The van der Waals surface area contributed by atoms with Gasteiger partial charge in [-0.1, -0.05) is 20.8 Å². The van der Waals surface area contributed by atoms with Gasteiger partial charge in [0.1, 0.15) is 0 Å². The van der Waals surface area contributed by atoms with Crippen LogP contribution in [0.25, 0.3) is 0 Å². The second-order valence-corrected chi connectivity index (χ2v) is 4.22. The predicted molar refractivity (Wildman–Crippen MR) is 41.6 cm³/mol. The highest BCUT2D eigenvalue weighted by Crippen LogP contribution is 2.23. The molecule has 1 saturated heterocycles. The molecule has 1 aliphatic rings. The van der Waals surface area contributed by atoms with Gasteiger partial charge in [0, 0.05) is 6.04 Å². The lowest BCUT2D eigenvalue weighted by Crippen LogP contribution is -2.25. The third-order valence-electron chi connectivity index (χ3n) is 1.68. The predicted octanol–water partition coefficient (Wildman–Crippen LogP) is 1.72. The summed E-state index contributed by atoms with van der Waals surface area (Å²) >= 11 is 0. The van der Waals surface area contributed by atoms with Gasteiger partial charge in [0.25, 0.3) is 0 Å². The van der Waals surface area contributed by atoms with Crippen molar-refractivity contribution in [3.8, 4) is 0 Å². The summed E-state index contributed by atoms with van der Waals surface area (Å²) in [7, 11) is 0. The molecule has 10 heavy (non-hydrogen) atoms. The van der Waals surface area contributed by atoms with Crippen molar-refractivity contribution in [3.63, 3.8) is 0 Å². The lowest BCUT2D eigenvalue weighted by Gasteiger charge is -2.21. The molecule has 1 N–H and O–H groups in total. The Hall–Kier alpha value is -0.0800. The molecule has 0 radical (unpaired) electrons. The van der Waals surface area contributed by atoms with Crippen molar-refractivity contribution in [2.75, 3.05) is 6.61 Å².